The predicted molar refractivity (Wildman–Crippen MR) is 133 cm³/mol. The average Bonchev–Trinajstić information content (AvgIpc) is 3.10. The van der Waals surface area contributed by atoms with Crippen molar-refractivity contribution < 1.29 is 26.3 Å². The molecule has 4 N–H and O–H groups in total. The topological polar surface area (TPSA) is 110 Å². The highest BCUT2D eigenvalue weighted by Crippen LogP contribution is 2.48. The number of hydrogen-bond donors (Lipinski definition) is 2. The van der Waals surface area contributed by atoms with Crippen molar-refractivity contribution in [3.05, 3.63) is 53.0 Å². The van der Waals surface area contributed by atoms with E-state index in [2.05, 4.69) is 19.9 Å². The number of dihydropyridines is 1. The second-order valence-electron chi connectivity index (χ2n) is 9.90. The summed E-state index contributed by atoms with van der Waals surface area (Å²) in [5, 5.41) is 0. The number of nitrogens with zero attached hydrogens (tertiary/aromatic N) is 6. The van der Waals surface area contributed by atoms with E-state index in [1.807, 2.05) is 4.90 Å². The Kier molecular flexibility index (Phi) is 6.93. The normalized spacial score (nSPS) is 24.3. The number of alkyl halides is 6. The Labute approximate surface area is 220 Å². The van der Waals surface area contributed by atoms with Crippen LogP contribution in [0.2, 0.25) is 0 Å². The Bertz CT molecular complexity index is 1280. The van der Waals surface area contributed by atoms with E-state index in [1.54, 1.807) is 0 Å². The highest BCUT2D eigenvalue weighted by Gasteiger charge is 2.61. The number of piperidine rings is 1. The first-order valence-corrected chi connectivity index (χ1v) is 12.7. The van der Waals surface area contributed by atoms with Gasteiger partial charge >= 0.3 is 12.4 Å². The molecule has 1 saturated heterocycles. The summed E-state index contributed by atoms with van der Waals surface area (Å²) in [6.45, 7) is 1.22. The monoisotopic (exact) mass is 554 g/mol. The number of amidine groups is 1. The zero-order chi connectivity index (χ0) is 28.0. The van der Waals surface area contributed by atoms with E-state index in [9.17, 15) is 26.3 Å². The van der Waals surface area contributed by atoms with Gasteiger partial charge in [0.25, 0.3) is 0 Å². The van der Waals surface area contributed by atoms with Crippen LogP contribution in [0.1, 0.15) is 41.8 Å². The molecule has 210 valence electrons. The van der Waals surface area contributed by atoms with E-state index >= 15 is 0 Å². The molecule has 0 amide bonds. The van der Waals surface area contributed by atoms with Gasteiger partial charge in [-0.3, -0.25) is 0 Å². The molecule has 14 heteroatoms. The molecule has 5 heterocycles. The lowest BCUT2D eigenvalue weighted by Crippen LogP contribution is -2.56. The number of aromatic nitrogens is 3. The van der Waals surface area contributed by atoms with Crippen molar-refractivity contribution in [2.45, 2.75) is 56.0 Å². The minimum Gasteiger partial charge on any atom is -0.384 e. The number of halogens is 6. The molecule has 3 aliphatic heterocycles. The smallest absolute Gasteiger partial charge is 0.384 e. The SMILES string of the molecule is NC1=NC(N)C(c2nc(N3CCCCC3)nc3c2CCN(c2ncccc2C(F)(F)F)CC3)(C(F)(F)F)C=C1. The number of hydrogen-bond acceptors (Lipinski definition) is 8. The molecule has 0 aromatic carbocycles. The number of fused-ring (bicyclic) bond motifs is 1. The zero-order valence-electron chi connectivity index (χ0n) is 20.9. The number of nitrogens with two attached hydrogens (primary N) is 2. The summed E-state index contributed by atoms with van der Waals surface area (Å²) >= 11 is 0. The Morgan fingerprint density at radius 3 is 2.31 bits per heavy atom. The summed E-state index contributed by atoms with van der Waals surface area (Å²) in [5.41, 5.74) is 8.25. The van der Waals surface area contributed by atoms with Gasteiger partial charge in [0.15, 0.2) is 5.41 Å². The standard InChI is InChI=1S/C25H28F6N8/c26-24(27,28)16-5-4-10-34-20(16)38-13-7-15-17(8-14-38)35-22(39-11-2-1-3-12-39)37-19(15)23(25(29,30)31)9-6-18(32)36-21(23)33/h4-6,9-10,21H,1-3,7-8,11-14,33H2,(H2,32,36). The predicted octanol–water partition coefficient (Wildman–Crippen LogP) is 3.50. The van der Waals surface area contributed by atoms with E-state index in [-0.39, 0.29) is 54.8 Å². The molecule has 5 rings (SSSR count). The van der Waals surface area contributed by atoms with Gasteiger partial charge in [0.05, 0.1) is 17.0 Å². The third-order valence-electron chi connectivity index (χ3n) is 7.49. The molecule has 2 aromatic heterocycles. The molecule has 2 atom stereocenters. The quantitative estimate of drug-likeness (QED) is 0.559. The van der Waals surface area contributed by atoms with Crippen molar-refractivity contribution in [3.63, 3.8) is 0 Å². The number of aliphatic imine (C=N–C) groups is 1. The highest BCUT2D eigenvalue weighted by molar-refractivity contribution is 5.92. The van der Waals surface area contributed by atoms with Gasteiger partial charge in [-0.15, -0.1) is 0 Å². The van der Waals surface area contributed by atoms with Gasteiger partial charge < -0.3 is 21.3 Å². The average molecular weight is 555 g/mol. The largest absolute Gasteiger partial charge is 0.419 e. The lowest BCUT2D eigenvalue weighted by molar-refractivity contribution is -0.182. The van der Waals surface area contributed by atoms with Gasteiger partial charge in [-0.05, 0) is 49.5 Å². The molecule has 39 heavy (non-hydrogen) atoms. The molecule has 2 aromatic rings. The highest BCUT2D eigenvalue weighted by atomic mass is 19.4. The minimum absolute atomic E-state index is 0.0230. The van der Waals surface area contributed by atoms with Crippen LogP contribution in [0.25, 0.3) is 0 Å². The third-order valence-corrected chi connectivity index (χ3v) is 7.49. The lowest BCUT2D eigenvalue weighted by Gasteiger charge is -2.39. The maximum absolute atomic E-state index is 15.0. The second kappa shape index (κ2) is 9.96. The van der Waals surface area contributed by atoms with Gasteiger partial charge in [0.1, 0.15) is 17.8 Å². The summed E-state index contributed by atoms with van der Waals surface area (Å²) in [6.07, 6.45) is -5.40. The van der Waals surface area contributed by atoms with Gasteiger partial charge in [0, 0.05) is 38.8 Å². The van der Waals surface area contributed by atoms with Crippen molar-refractivity contribution in [1.29, 1.82) is 0 Å². The molecule has 2 unspecified atom stereocenters. The first-order chi connectivity index (χ1) is 18.4. The van der Waals surface area contributed by atoms with E-state index in [0.717, 1.165) is 37.5 Å². The molecule has 8 nitrogen and oxygen atoms in total. The van der Waals surface area contributed by atoms with Crippen LogP contribution < -0.4 is 21.3 Å². The summed E-state index contributed by atoms with van der Waals surface area (Å²) in [6, 6.07) is 2.14. The van der Waals surface area contributed by atoms with Crippen LogP contribution >= 0.6 is 0 Å². The molecule has 0 saturated carbocycles. The van der Waals surface area contributed by atoms with Gasteiger partial charge in [-0.1, -0.05) is 6.08 Å². The molecular weight excluding hydrogens is 526 g/mol. The fourth-order valence-corrected chi connectivity index (χ4v) is 5.48. The summed E-state index contributed by atoms with van der Waals surface area (Å²) in [7, 11) is 0. The van der Waals surface area contributed by atoms with Crippen LogP contribution in [0.3, 0.4) is 0 Å². The van der Waals surface area contributed by atoms with Gasteiger partial charge in [0.2, 0.25) is 5.95 Å². The molecule has 0 radical (unpaired) electrons. The molecule has 0 bridgehead atoms. The summed E-state index contributed by atoms with van der Waals surface area (Å²) < 4.78 is 86.1. The fourth-order valence-electron chi connectivity index (χ4n) is 5.48. The molecule has 0 spiro atoms. The number of anilines is 2. The number of pyridine rings is 1. The Hall–Kier alpha value is -3.42. The van der Waals surface area contributed by atoms with Gasteiger partial charge in [-0.25, -0.2) is 19.9 Å². The van der Waals surface area contributed by atoms with E-state index < -0.39 is 29.5 Å². The summed E-state index contributed by atoms with van der Waals surface area (Å²) in [5.74, 6) is -0.266. The first kappa shape index (κ1) is 27.2. The van der Waals surface area contributed by atoms with Crippen LogP contribution in [-0.2, 0) is 24.4 Å². The van der Waals surface area contributed by atoms with E-state index in [1.165, 1.54) is 17.2 Å². The van der Waals surface area contributed by atoms with E-state index in [4.69, 9.17) is 11.5 Å². The lowest BCUT2D eigenvalue weighted by atomic mass is 9.76. The fraction of sp³-hybridized carbons (Fsp3) is 0.520. The Morgan fingerprint density at radius 2 is 1.64 bits per heavy atom. The zero-order valence-corrected chi connectivity index (χ0v) is 20.9. The van der Waals surface area contributed by atoms with Crippen molar-refractivity contribution in [2.75, 3.05) is 36.0 Å². The van der Waals surface area contributed by atoms with Crippen LogP contribution in [0.4, 0.5) is 38.1 Å². The van der Waals surface area contributed by atoms with Crippen LogP contribution in [0.15, 0.2) is 35.5 Å². The van der Waals surface area contributed by atoms with Crippen LogP contribution in [0.5, 0.6) is 0 Å². The molecule has 1 fully saturated rings. The molecule has 0 aliphatic carbocycles. The summed E-state index contributed by atoms with van der Waals surface area (Å²) in [4.78, 5) is 20.2. The Balaban J connectivity index is 1.64. The Morgan fingerprint density at radius 1 is 0.923 bits per heavy atom. The van der Waals surface area contributed by atoms with Crippen molar-refractivity contribution >= 4 is 17.6 Å². The van der Waals surface area contributed by atoms with Crippen LogP contribution in [0, 0.1) is 0 Å². The van der Waals surface area contributed by atoms with Crippen molar-refractivity contribution in [3.8, 4) is 0 Å². The van der Waals surface area contributed by atoms with E-state index in [0.29, 0.717) is 18.8 Å². The van der Waals surface area contributed by atoms with Crippen molar-refractivity contribution in [1.82, 2.24) is 15.0 Å². The minimum atomic E-state index is -4.90. The van der Waals surface area contributed by atoms with Gasteiger partial charge in [-0.2, -0.15) is 26.3 Å². The third kappa shape index (κ3) is 4.90. The molecule has 3 aliphatic rings. The second-order valence-corrected chi connectivity index (χ2v) is 9.90. The molecular formula is C25H28F6N8. The van der Waals surface area contributed by atoms with Crippen molar-refractivity contribution in [2.24, 2.45) is 16.5 Å². The van der Waals surface area contributed by atoms with Crippen LogP contribution in [-0.4, -0.2) is 59.3 Å². The first-order valence-electron chi connectivity index (χ1n) is 12.7. The maximum atomic E-state index is 15.0. The number of rotatable bonds is 3. The maximum Gasteiger partial charge on any atom is 0.419 e.